The van der Waals surface area contributed by atoms with E-state index in [0.717, 1.165) is 5.56 Å². The summed E-state index contributed by atoms with van der Waals surface area (Å²) in [6.45, 7) is 2.00. The highest BCUT2D eigenvalue weighted by Gasteiger charge is 2.15. The highest BCUT2D eigenvalue weighted by molar-refractivity contribution is 5.89. The number of ether oxygens (including phenoxy) is 4. The van der Waals surface area contributed by atoms with Crippen LogP contribution in [0, 0.1) is 12.7 Å². The van der Waals surface area contributed by atoms with E-state index in [-0.39, 0.29) is 12.2 Å². The lowest BCUT2D eigenvalue weighted by molar-refractivity contribution is 0.0595. The molecule has 2 aromatic rings. The van der Waals surface area contributed by atoms with E-state index in [2.05, 4.69) is 4.74 Å². The van der Waals surface area contributed by atoms with Crippen LogP contribution in [-0.4, -0.2) is 27.3 Å². The first-order chi connectivity index (χ1) is 11.5. The maximum absolute atomic E-state index is 14.0. The fourth-order valence-electron chi connectivity index (χ4n) is 2.23. The van der Waals surface area contributed by atoms with Crippen LogP contribution >= 0.6 is 0 Å². The molecule has 0 saturated heterocycles. The Morgan fingerprint density at radius 2 is 1.67 bits per heavy atom. The number of carbonyl (C=O) groups excluding carboxylic acids is 1. The summed E-state index contributed by atoms with van der Waals surface area (Å²) in [5.74, 6) is 0.104. The Kier molecular flexibility index (Phi) is 5.63. The molecule has 0 aliphatic rings. The van der Waals surface area contributed by atoms with Crippen molar-refractivity contribution in [2.45, 2.75) is 13.5 Å². The third kappa shape index (κ3) is 3.76. The van der Waals surface area contributed by atoms with Crippen LogP contribution in [0.15, 0.2) is 30.3 Å². The average molecular weight is 334 g/mol. The molecule has 0 aliphatic heterocycles. The van der Waals surface area contributed by atoms with Gasteiger partial charge >= 0.3 is 5.97 Å². The van der Waals surface area contributed by atoms with Crippen molar-refractivity contribution in [2.24, 2.45) is 0 Å². The first-order valence-corrected chi connectivity index (χ1v) is 7.22. The molecular formula is C18H19FO5. The van der Waals surface area contributed by atoms with Crippen molar-refractivity contribution < 1.29 is 28.1 Å². The first-order valence-electron chi connectivity index (χ1n) is 7.22. The second kappa shape index (κ2) is 7.68. The van der Waals surface area contributed by atoms with Gasteiger partial charge < -0.3 is 18.9 Å². The molecule has 2 aromatic carbocycles. The maximum atomic E-state index is 14.0. The summed E-state index contributed by atoms with van der Waals surface area (Å²) in [4.78, 5) is 11.4. The summed E-state index contributed by atoms with van der Waals surface area (Å²) in [5.41, 5.74) is 1.40. The lowest BCUT2D eigenvalue weighted by atomic mass is 10.1. The summed E-state index contributed by atoms with van der Waals surface area (Å²) >= 11 is 0. The lowest BCUT2D eigenvalue weighted by Gasteiger charge is -2.15. The molecule has 0 bridgehead atoms. The SMILES string of the molecule is COC(=O)c1ccc(COc2c(OC)cc(C)cc2OC)cc1F. The van der Waals surface area contributed by atoms with Gasteiger partial charge in [0.15, 0.2) is 11.5 Å². The molecule has 0 N–H and O–H groups in total. The fraction of sp³-hybridized carbons (Fsp3) is 0.278. The molecule has 128 valence electrons. The van der Waals surface area contributed by atoms with Gasteiger partial charge in [-0.25, -0.2) is 9.18 Å². The van der Waals surface area contributed by atoms with Gasteiger partial charge in [0.25, 0.3) is 0 Å². The Bertz CT molecular complexity index is 717. The van der Waals surface area contributed by atoms with Gasteiger partial charge in [-0.3, -0.25) is 0 Å². The van der Waals surface area contributed by atoms with E-state index in [1.165, 1.54) is 33.5 Å². The molecule has 0 aromatic heterocycles. The Labute approximate surface area is 139 Å². The van der Waals surface area contributed by atoms with Gasteiger partial charge in [-0.05, 0) is 42.3 Å². The van der Waals surface area contributed by atoms with Crippen LogP contribution in [0.1, 0.15) is 21.5 Å². The van der Waals surface area contributed by atoms with Crippen LogP contribution < -0.4 is 14.2 Å². The van der Waals surface area contributed by atoms with Crippen molar-refractivity contribution >= 4 is 5.97 Å². The molecule has 0 unspecified atom stereocenters. The van der Waals surface area contributed by atoms with E-state index >= 15 is 0 Å². The smallest absolute Gasteiger partial charge is 0.340 e. The third-order valence-corrected chi connectivity index (χ3v) is 3.43. The number of hydrogen-bond acceptors (Lipinski definition) is 5. The van der Waals surface area contributed by atoms with Crippen LogP contribution in [0.3, 0.4) is 0 Å². The lowest BCUT2D eigenvalue weighted by Crippen LogP contribution is -2.06. The number of carbonyl (C=O) groups is 1. The molecule has 6 heteroatoms. The second-order valence-electron chi connectivity index (χ2n) is 5.09. The van der Waals surface area contributed by atoms with Gasteiger partial charge in [-0.15, -0.1) is 0 Å². The predicted molar refractivity (Wildman–Crippen MR) is 86.4 cm³/mol. The van der Waals surface area contributed by atoms with Crippen LogP contribution in [0.4, 0.5) is 4.39 Å². The van der Waals surface area contributed by atoms with Crippen molar-refractivity contribution in [3.05, 3.63) is 52.8 Å². The molecule has 0 fully saturated rings. The number of aryl methyl sites for hydroxylation is 1. The van der Waals surface area contributed by atoms with Crippen LogP contribution in [0.5, 0.6) is 17.2 Å². The maximum Gasteiger partial charge on any atom is 0.340 e. The highest BCUT2D eigenvalue weighted by atomic mass is 19.1. The Morgan fingerprint density at radius 1 is 1.04 bits per heavy atom. The minimum atomic E-state index is -0.721. The zero-order valence-electron chi connectivity index (χ0n) is 14.0. The minimum Gasteiger partial charge on any atom is -0.493 e. The number of methoxy groups -OCH3 is 3. The van der Waals surface area contributed by atoms with Gasteiger partial charge in [0, 0.05) is 0 Å². The molecule has 0 spiro atoms. The van der Waals surface area contributed by atoms with Crippen molar-refractivity contribution in [2.75, 3.05) is 21.3 Å². The van der Waals surface area contributed by atoms with E-state index in [0.29, 0.717) is 22.8 Å². The minimum absolute atomic E-state index is 0.0914. The summed E-state index contributed by atoms with van der Waals surface area (Å²) in [7, 11) is 4.27. The number of benzene rings is 2. The first kappa shape index (κ1) is 17.6. The van der Waals surface area contributed by atoms with Crippen LogP contribution in [0.2, 0.25) is 0 Å². The quantitative estimate of drug-likeness (QED) is 0.757. The molecule has 0 radical (unpaired) electrons. The van der Waals surface area contributed by atoms with E-state index in [9.17, 15) is 9.18 Å². The molecule has 2 rings (SSSR count). The summed E-state index contributed by atoms with van der Waals surface area (Å²) < 4.78 is 34.8. The van der Waals surface area contributed by atoms with E-state index in [1.54, 1.807) is 6.07 Å². The van der Waals surface area contributed by atoms with Gasteiger partial charge in [-0.1, -0.05) is 6.07 Å². The Hall–Kier alpha value is -2.76. The van der Waals surface area contributed by atoms with E-state index < -0.39 is 11.8 Å². The van der Waals surface area contributed by atoms with Gasteiger partial charge in [0.1, 0.15) is 12.4 Å². The van der Waals surface area contributed by atoms with Crippen LogP contribution in [0.25, 0.3) is 0 Å². The number of rotatable bonds is 6. The fourth-order valence-corrected chi connectivity index (χ4v) is 2.23. The van der Waals surface area contributed by atoms with Crippen molar-refractivity contribution in [1.82, 2.24) is 0 Å². The number of halogens is 1. The Morgan fingerprint density at radius 3 is 2.17 bits per heavy atom. The topological polar surface area (TPSA) is 54.0 Å². The standard InChI is InChI=1S/C18H19FO5/c1-11-7-15(21-2)17(16(8-11)22-3)24-10-12-5-6-13(14(19)9-12)18(20)23-4/h5-9H,10H2,1-4H3. The monoisotopic (exact) mass is 334 g/mol. The molecule has 0 saturated carbocycles. The zero-order chi connectivity index (χ0) is 17.7. The molecule has 24 heavy (non-hydrogen) atoms. The zero-order valence-corrected chi connectivity index (χ0v) is 14.0. The molecule has 5 nitrogen and oxygen atoms in total. The summed E-state index contributed by atoms with van der Waals surface area (Å²) in [5, 5.41) is 0. The van der Waals surface area contributed by atoms with Crippen molar-refractivity contribution in [3.8, 4) is 17.2 Å². The van der Waals surface area contributed by atoms with Crippen LogP contribution in [-0.2, 0) is 11.3 Å². The van der Waals surface area contributed by atoms with Crippen molar-refractivity contribution in [1.29, 1.82) is 0 Å². The summed E-state index contributed by atoms with van der Waals surface area (Å²) in [6.07, 6.45) is 0. The molecule has 0 atom stereocenters. The number of esters is 1. The third-order valence-electron chi connectivity index (χ3n) is 3.43. The predicted octanol–water partition coefficient (Wildman–Crippen LogP) is 3.52. The average Bonchev–Trinajstić information content (AvgIpc) is 2.59. The molecule has 0 amide bonds. The van der Waals surface area contributed by atoms with E-state index in [1.807, 2.05) is 19.1 Å². The van der Waals surface area contributed by atoms with Crippen molar-refractivity contribution in [3.63, 3.8) is 0 Å². The van der Waals surface area contributed by atoms with Gasteiger partial charge in [0.05, 0.1) is 26.9 Å². The largest absolute Gasteiger partial charge is 0.493 e. The van der Waals surface area contributed by atoms with Gasteiger partial charge in [0.2, 0.25) is 5.75 Å². The van der Waals surface area contributed by atoms with Gasteiger partial charge in [-0.2, -0.15) is 0 Å². The van der Waals surface area contributed by atoms with E-state index in [4.69, 9.17) is 14.2 Å². The summed E-state index contributed by atoms with van der Waals surface area (Å²) in [6, 6.07) is 7.84. The molecule has 0 aliphatic carbocycles. The number of hydrogen-bond donors (Lipinski definition) is 0. The highest BCUT2D eigenvalue weighted by Crippen LogP contribution is 2.38. The normalized spacial score (nSPS) is 10.2. The molecule has 0 heterocycles. The second-order valence-corrected chi connectivity index (χ2v) is 5.09. The Balaban J connectivity index is 2.22. The molecular weight excluding hydrogens is 315 g/mol.